The lowest BCUT2D eigenvalue weighted by molar-refractivity contribution is -0.120. The number of nitrogens with one attached hydrogen (secondary N) is 3. The number of carbonyl (C=O) groups is 2. The fourth-order valence-electron chi connectivity index (χ4n) is 2.98. The van der Waals surface area contributed by atoms with Crippen LogP contribution in [0.25, 0.3) is 0 Å². The van der Waals surface area contributed by atoms with Crippen molar-refractivity contribution in [1.29, 1.82) is 0 Å². The molecule has 0 aliphatic rings. The van der Waals surface area contributed by atoms with Crippen molar-refractivity contribution in [3.05, 3.63) is 65.2 Å². The van der Waals surface area contributed by atoms with Crippen LogP contribution < -0.4 is 16.0 Å². The number of amides is 2. The summed E-state index contributed by atoms with van der Waals surface area (Å²) >= 11 is 5.29. The Morgan fingerprint density at radius 2 is 1.66 bits per heavy atom. The number of hydrogen-bond acceptors (Lipinski definition) is 3. The lowest BCUT2D eigenvalue weighted by Gasteiger charge is -2.16. The average molecular weight is 412 g/mol. The van der Waals surface area contributed by atoms with Gasteiger partial charge >= 0.3 is 0 Å². The second-order valence-corrected chi connectivity index (χ2v) is 7.82. The summed E-state index contributed by atoms with van der Waals surface area (Å²) in [5, 5.41) is 8.60. The van der Waals surface area contributed by atoms with Gasteiger partial charge in [-0.15, -0.1) is 0 Å². The summed E-state index contributed by atoms with van der Waals surface area (Å²) in [7, 11) is 0. The van der Waals surface area contributed by atoms with Crippen LogP contribution >= 0.6 is 12.2 Å². The van der Waals surface area contributed by atoms with Gasteiger partial charge in [0.15, 0.2) is 5.11 Å². The smallest absolute Gasteiger partial charge is 0.253 e. The topological polar surface area (TPSA) is 70.2 Å². The summed E-state index contributed by atoms with van der Waals surface area (Å²) in [6.07, 6.45) is 1.01. The van der Waals surface area contributed by atoms with Gasteiger partial charge in [0.1, 0.15) is 0 Å². The molecule has 0 aliphatic heterocycles. The van der Waals surface area contributed by atoms with Crippen LogP contribution in [0.2, 0.25) is 0 Å². The van der Waals surface area contributed by atoms with E-state index in [1.807, 2.05) is 26.0 Å². The van der Waals surface area contributed by atoms with Crippen molar-refractivity contribution in [3.63, 3.8) is 0 Å². The van der Waals surface area contributed by atoms with Crippen LogP contribution in [-0.4, -0.2) is 23.5 Å². The highest BCUT2D eigenvalue weighted by molar-refractivity contribution is 7.80. The molecule has 154 valence electrons. The molecule has 5 nitrogen and oxygen atoms in total. The molecule has 0 saturated carbocycles. The quantitative estimate of drug-likeness (QED) is 0.596. The van der Waals surface area contributed by atoms with E-state index < -0.39 is 0 Å². The first-order chi connectivity index (χ1) is 13.8. The lowest BCUT2D eigenvalue weighted by Crippen LogP contribution is -2.37. The van der Waals surface area contributed by atoms with Gasteiger partial charge in [0.05, 0.1) is 17.2 Å². The molecule has 2 amide bonds. The Balaban J connectivity index is 2.00. The summed E-state index contributed by atoms with van der Waals surface area (Å²) in [5.41, 5.74) is 3.21. The molecule has 0 heterocycles. The molecule has 1 atom stereocenters. The largest absolute Gasteiger partial charge is 0.352 e. The van der Waals surface area contributed by atoms with Gasteiger partial charge in [-0.3, -0.25) is 9.59 Å². The van der Waals surface area contributed by atoms with Crippen molar-refractivity contribution in [2.45, 2.75) is 40.0 Å². The molecule has 0 radical (unpaired) electrons. The monoisotopic (exact) mass is 411 g/mol. The van der Waals surface area contributed by atoms with E-state index in [4.69, 9.17) is 12.2 Å². The summed E-state index contributed by atoms with van der Waals surface area (Å²) < 4.78 is 0. The zero-order valence-electron chi connectivity index (χ0n) is 17.4. The van der Waals surface area contributed by atoms with Crippen molar-refractivity contribution in [3.8, 4) is 0 Å². The molecule has 0 aromatic heterocycles. The third-order valence-corrected chi connectivity index (χ3v) is 4.72. The fraction of sp³-hybridized carbons (Fsp3) is 0.348. The molecule has 0 fully saturated rings. The highest BCUT2D eigenvalue weighted by Gasteiger charge is 2.17. The number of hydrogen-bond donors (Lipinski definition) is 3. The van der Waals surface area contributed by atoms with Crippen LogP contribution in [0.5, 0.6) is 0 Å². The van der Waals surface area contributed by atoms with E-state index in [9.17, 15) is 9.59 Å². The second-order valence-electron chi connectivity index (χ2n) is 7.41. The SMILES string of the molecule is CCNC(=O)c1ccccc1NC(=S)NC(=O)C(C)c1ccc(CC(C)C)cc1. The van der Waals surface area contributed by atoms with Crippen LogP contribution in [0.15, 0.2) is 48.5 Å². The van der Waals surface area contributed by atoms with E-state index >= 15 is 0 Å². The molecule has 0 spiro atoms. The molecule has 0 aliphatic carbocycles. The Labute approximate surface area is 178 Å². The van der Waals surface area contributed by atoms with E-state index in [-0.39, 0.29) is 22.8 Å². The summed E-state index contributed by atoms with van der Waals surface area (Å²) in [6, 6.07) is 15.2. The van der Waals surface area contributed by atoms with Gasteiger partial charge in [0.25, 0.3) is 5.91 Å². The number of para-hydroxylation sites is 1. The first-order valence-corrected chi connectivity index (χ1v) is 10.3. The molecular formula is C23H29N3O2S. The van der Waals surface area contributed by atoms with Crippen molar-refractivity contribution >= 4 is 34.8 Å². The van der Waals surface area contributed by atoms with Gasteiger partial charge in [0.2, 0.25) is 5.91 Å². The molecule has 1 unspecified atom stereocenters. The minimum Gasteiger partial charge on any atom is -0.352 e. The van der Waals surface area contributed by atoms with E-state index in [1.54, 1.807) is 24.3 Å². The maximum absolute atomic E-state index is 12.6. The van der Waals surface area contributed by atoms with Crippen molar-refractivity contribution in [2.24, 2.45) is 5.92 Å². The maximum atomic E-state index is 12.6. The number of thiocarbonyl (C=S) groups is 1. The highest BCUT2D eigenvalue weighted by Crippen LogP contribution is 2.18. The van der Waals surface area contributed by atoms with Crippen molar-refractivity contribution < 1.29 is 9.59 Å². The molecule has 3 N–H and O–H groups in total. The zero-order valence-corrected chi connectivity index (χ0v) is 18.2. The van der Waals surface area contributed by atoms with Crippen molar-refractivity contribution in [2.75, 3.05) is 11.9 Å². The third kappa shape index (κ3) is 6.68. The van der Waals surface area contributed by atoms with Crippen LogP contribution in [-0.2, 0) is 11.2 Å². The second kappa shape index (κ2) is 10.7. The average Bonchev–Trinajstić information content (AvgIpc) is 2.68. The number of benzene rings is 2. The summed E-state index contributed by atoms with van der Waals surface area (Å²) in [4.78, 5) is 24.8. The van der Waals surface area contributed by atoms with E-state index in [0.29, 0.717) is 23.7 Å². The fourth-order valence-corrected chi connectivity index (χ4v) is 3.20. The Bertz CT molecular complexity index is 863. The minimum absolute atomic E-state index is 0.162. The van der Waals surface area contributed by atoms with E-state index in [0.717, 1.165) is 12.0 Å². The number of anilines is 1. The normalized spacial score (nSPS) is 11.6. The van der Waals surface area contributed by atoms with Gasteiger partial charge in [0, 0.05) is 6.54 Å². The number of rotatable bonds is 7. The number of carbonyl (C=O) groups excluding carboxylic acids is 2. The molecule has 2 aromatic carbocycles. The van der Waals surface area contributed by atoms with Gasteiger partial charge in [-0.05, 0) is 61.7 Å². The molecular weight excluding hydrogens is 382 g/mol. The predicted octanol–water partition coefficient (Wildman–Crippen LogP) is 4.25. The predicted molar refractivity (Wildman–Crippen MR) is 122 cm³/mol. The van der Waals surface area contributed by atoms with E-state index in [2.05, 4.69) is 41.9 Å². The van der Waals surface area contributed by atoms with Crippen LogP contribution in [0, 0.1) is 5.92 Å². The molecule has 2 rings (SSSR count). The molecule has 6 heteroatoms. The maximum Gasteiger partial charge on any atom is 0.253 e. The Kier molecular flexibility index (Phi) is 8.34. The molecule has 0 bridgehead atoms. The summed E-state index contributed by atoms with van der Waals surface area (Å²) in [5.74, 6) is -0.150. The highest BCUT2D eigenvalue weighted by atomic mass is 32.1. The van der Waals surface area contributed by atoms with E-state index in [1.165, 1.54) is 5.56 Å². The first kappa shape index (κ1) is 22.6. The zero-order chi connectivity index (χ0) is 21.4. The van der Waals surface area contributed by atoms with Crippen LogP contribution in [0.4, 0.5) is 5.69 Å². The molecule has 29 heavy (non-hydrogen) atoms. The minimum atomic E-state index is -0.346. The van der Waals surface area contributed by atoms with Crippen LogP contribution in [0.3, 0.4) is 0 Å². The standard InChI is InChI=1S/C23H29N3O2S/c1-5-24-22(28)19-8-6-7-9-20(19)25-23(29)26-21(27)16(4)18-12-10-17(11-13-18)14-15(2)3/h6-13,15-16H,5,14H2,1-4H3,(H,24,28)(H2,25,26,27,29). The lowest BCUT2D eigenvalue weighted by atomic mass is 9.96. The Morgan fingerprint density at radius 3 is 2.28 bits per heavy atom. The molecule has 2 aromatic rings. The van der Waals surface area contributed by atoms with Gasteiger partial charge in [-0.25, -0.2) is 0 Å². The first-order valence-electron chi connectivity index (χ1n) is 9.89. The Hall–Kier alpha value is -2.73. The van der Waals surface area contributed by atoms with Gasteiger partial charge < -0.3 is 16.0 Å². The van der Waals surface area contributed by atoms with Gasteiger partial charge in [-0.2, -0.15) is 0 Å². The summed E-state index contributed by atoms with van der Waals surface area (Å²) in [6.45, 7) is 8.60. The van der Waals surface area contributed by atoms with Crippen molar-refractivity contribution in [1.82, 2.24) is 10.6 Å². The Morgan fingerprint density at radius 1 is 1.00 bits per heavy atom. The van der Waals surface area contributed by atoms with Gasteiger partial charge in [-0.1, -0.05) is 50.2 Å². The molecule has 0 saturated heterocycles. The third-order valence-electron chi connectivity index (χ3n) is 4.51. The van der Waals surface area contributed by atoms with Crippen LogP contribution in [0.1, 0.15) is 55.1 Å².